The summed E-state index contributed by atoms with van der Waals surface area (Å²) in [5, 5.41) is 2.84. The van der Waals surface area contributed by atoms with E-state index in [0.29, 0.717) is 12.3 Å². The van der Waals surface area contributed by atoms with Crippen LogP contribution in [0.3, 0.4) is 0 Å². The van der Waals surface area contributed by atoms with Crippen LogP contribution in [-0.2, 0) is 25.4 Å². The molecule has 2 nitrogen and oxygen atoms in total. The fourth-order valence-corrected chi connectivity index (χ4v) is 2.22. The van der Waals surface area contributed by atoms with Gasteiger partial charge in [0.05, 0.1) is 18.2 Å². The molecule has 1 N–H and O–H groups in total. The zero-order valence-corrected chi connectivity index (χ0v) is 13.1. The number of ether oxygens (including phenoxy) is 1. The maximum atomic E-state index is 12.8. The largest absolute Gasteiger partial charge is 0.497 e. The first-order valence-corrected chi connectivity index (χ1v) is 7.21. The second kappa shape index (κ2) is 7.35. The topological polar surface area (TPSA) is 21.3 Å². The van der Waals surface area contributed by atoms with Gasteiger partial charge >= 0.3 is 12.4 Å². The van der Waals surface area contributed by atoms with Crippen LogP contribution in [0.25, 0.3) is 0 Å². The molecule has 0 bridgehead atoms. The molecule has 0 radical (unpaired) electrons. The highest BCUT2D eigenvalue weighted by Crippen LogP contribution is 2.36. The number of rotatable bonds is 5. The maximum Gasteiger partial charge on any atom is 0.416 e. The number of alkyl halides is 6. The van der Waals surface area contributed by atoms with Crippen molar-refractivity contribution in [3.63, 3.8) is 0 Å². The van der Waals surface area contributed by atoms with E-state index in [4.69, 9.17) is 4.74 Å². The highest BCUT2D eigenvalue weighted by molar-refractivity contribution is 5.34. The third-order valence-electron chi connectivity index (χ3n) is 3.46. The van der Waals surface area contributed by atoms with E-state index in [1.807, 2.05) is 0 Å². The lowest BCUT2D eigenvalue weighted by Gasteiger charge is -2.14. The van der Waals surface area contributed by atoms with Crippen LogP contribution in [0.1, 0.15) is 22.3 Å². The first kappa shape index (κ1) is 19.1. The molecule has 0 atom stereocenters. The van der Waals surface area contributed by atoms with Crippen molar-refractivity contribution in [2.75, 3.05) is 7.11 Å². The van der Waals surface area contributed by atoms with E-state index in [0.717, 1.165) is 17.7 Å². The van der Waals surface area contributed by atoms with Gasteiger partial charge in [-0.2, -0.15) is 26.3 Å². The van der Waals surface area contributed by atoms with Gasteiger partial charge in [-0.05, 0) is 41.5 Å². The third kappa shape index (κ3) is 5.38. The quantitative estimate of drug-likeness (QED) is 0.753. The van der Waals surface area contributed by atoms with Crippen molar-refractivity contribution < 1.29 is 31.1 Å². The predicted molar refractivity (Wildman–Crippen MR) is 80.0 cm³/mol. The summed E-state index contributed by atoms with van der Waals surface area (Å²) in [4.78, 5) is 0. The Bertz CT molecular complexity index is 674. The van der Waals surface area contributed by atoms with Crippen LogP contribution < -0.4 is 10.1 Å². The first-order valence-electron chi connectivity index (χ1n) is 7.21. The number of hydrogen-bond donors (Lipinski definition) is 1. The Balaban J connectivity index is 2.12. The number of hydrogen-bond acceptors (Lipinski definition) is 2. The number of halogens is 6. The standard InChI is InChI=1S/C17H15F6NO/c1-25-15-4-2-11(3-5-15)9-24-10-12-6-13(16(18,19)20)8-14(7-12)17(21,22)23/h2-8,24H,9-10H2,1H3. The van der Waals surface area contributed by atoms with Gasteiger partial charge in [0, 0.05) is 13.1 Å². The van der Waals surface area contributed by atoms with Gasteiger partial charge in [0.25, 0.3) is 0 Å². The molecule has 0 heterocycles. The molecule has 0 fully saturated rings. The molecule has 0 aliphatic carbocycles. The Kier molecular flexibility index (Phi) is 5.62. The first-order chi connectivity index (χ1) is 11.6. The highest BCUT2D eigenvalue weighted by atomic mass is 19.4. The normalized spacial score (nSPS) is 12.3. The van der Waals surface area contributed by atoms with Crippen molar-refractivity contribution in [3.8, 4) is 5.75 Å². The molecule has 0 aromatic heterocycles. The summed E-state index contributed by atoms with van der Waals surface area (Å²) in [6.45, 7) is 0.167. The van der Waals surface area contributed by atoms with Gasteiger partial charge in [-0.25, -0.2) is 0 Å². The lowest BCUT2D eigenvalue weighted by molar-refractivity contribution is -0.143. The highest BCUT2D eigenvalue weighted by Gasteiger charge is 2.36. The zero-order chi connectivity index (χ0) is 18.7. The molecule has 0 spiro atoms. The smallest absolute Gasteiger partial charge is 0.416 e. The van der Waals surface area contributed by atoms with Gasteiger partial charge < -0.3 is 10.1 Å². The number of methoxy groups -OCH3 is 1. The molecular formula is C17H15F6NO. The molecular weight excluding hydrogens is 348 g/mol. The minimum atomic E-state index is -4.84. The molecule has 136 valence electrons. The van der Waals surface area contributed by atoms with E-state index in [2.05, 4.69) is 5.32 Å². The summed E-state index contributed by atoms with van der Waals surface area (Å²) in [7, 11) is 1.51. The van der Waals surface area contributed by atoms with Crippen LogP contribution >= 0.6 is 0 Å². The van der Waals surface area contributed by atoms with Crippen LogP contribution in [0.4, 0.5) is 26.3 Å². The Labute approximate surface area is 140 Å². The van der Waals surface area contributed by atoms with Gasteiger partial charge in [-0.3, -0.25) is 0 Å². The predicted octanol–water partition coefficient (Wildman–Crippen LogP) is 5.02. The van der Waals surface area contributed by atoms with Crippen molar-refractivity contribution in [3.05, 3.63) is 64.7 Å². The molecule has 2 aromatic rings. The average Bonchev–Trinajstić information content (AvgIpc) is 2.53. The summed E-state index contributed by atoms with van der Waals surface area (Å²) >= 11 is 0. The van der Waals surface area contributed by atoms with Crippen LogP contribution in [0, 0.1) is 0 Å². The van der Waals surface area contributed by atoms with Crippen molar-refractivity contribution >= 4 is 0 Å². The van der Waals surface area contributed by atoms with Crippen LogP contribution in [-0.4, -0.2) is 7.11 Å². The second-order valence-electron chi connectivity index (χ2n) is 5.37. The van der Waals surface area contributed by atoms with Crippen molar-refractivity contribution in [2.24, 2.45) is 0 Å². The summed E-state index contributed by atoms with van der Waals surface area (Å²) < 4.78 is 81.8. The molecule has 25 heavy (non-hydrogen) atoms. The average molecular weight is 363 g/mol. The lowest BCUT2D eigenvalue weighted by atomic mass is 10.0. The SMILES string of the molecule is COc1ccc(CNCc2cc(C(F)(F)F)cc(C(F)(F)F)c2)cc1. The third-order valence-corrected chi connectivity index (χ3v) is 3.46. The van der Waals surface area contributed by atoms with E-state index in [-0.39, 0.29) is 18.2 Å². The van der Waals surface area contributed by atoms with Gasteiger partial charge in [-0.1, -0.05) is 12.1 Å². The minimum Gasteiger partial charge on any atom is -0.497 e. The monoisotopic (exact) mass is 363 g/mol. The van der Waals surface area contributed by atoms with E-state index in [1.54, 1.807) is 24.3 Å². The molecule has 0 saturated heterocycles. The fraction of sp³-hybridized carbons (Fsp3) is 0.294. The van der Waals surface area contributed by atoms with Crippen LogP contribution in [0.5, 0.6) is 5.75 Å². The van der Waals surface area contributed by atoms with E-state index in [1.165, 1.54) is 7.11 Å². The second-order valence-corrected chi connectivity index (χ2v) is 5.37. The maximum absolute atomic E-state index is 12.8. The van der Waals surface area contributed by atoms with E-state index < -0.39 is 23.5 Å². The van der Waals surface area contributed by atoms with E-state index >= 15 is 0 Å². The van der Waals surface area contributed by atoms with Crippen LogP contribution in [0.2, 0.25) is 0 Å². The Hall–Kier alpha value is -2.22. The van der Waals surface area contributed by atoms with Gasteiger partial charge in [0.1, 0.15) is 5.75 Å². The molecule has 0 amide bonds. The number of nitrogens with one attached hydrogen (secondary N) is 1. The van der Waals surface area contributed by atoms with Crippen LogP contribution in [0.15, 0.2) is 42.5 Å². The molecule has 2 aromatic carbocycles. The van der Waals surface area contributed by atoms with Gasteiger partial charge in [-0.15, -0.1) is 0 Å². The van der Waals surface area contributed by atoms with Gasteiger partial charge in [0.15, 0.2) is 0 Å². The zero-order valence-electron chi connectivity index (χ0n) is 13.1. The summed E-state index contributed by atoms with van der Waals surface area (Å²) in [5.41, 5.74) is -1.90. The summed E-state index contributed by atoms with van der Waals surface area (Å²) in [6, 6.07) is 8.48. The Morgan fingerprint density at radius 3 is 1.68 bits per heavy atom. The van der Waals surface area contributed by atoms with Crippen molar-refractivity contribution in [2.45, 2.75) is 25.4 Å². The van der Waals surface area contributed by atoms with Gasteiger partial charge in [0.2, 0.25) is 0 Å². The van der Waals surface area contributed by atoms with Crippen molar-refractivity contribution in [1.29, 1.82) is 0 Å². The molecule has 0 unspecified atom stereocenters. The molecule has 2 rings (SSSR count). The fourth-order valence-electron chi connectivity index (χ4n) is 2.22. The molecule has 0 aliphatic rings. The van der Waals surface area contributed by atoms with E-state index in [9.17, 15) is 26.3 Å². The van der Waals surface area contributed by atoms with Crippen molar-refractivity contribution in [1.82, 2.24) is 5.32 Å². The lowest BCUT2D eigenvalue weighted by Crippen LogP contribution is -2.16. The number of benzene rings is 2. The summed E-state index contributed by atoms with van der Waals surface area (Å²) in [6.07, 6.45) is -9.68. The summed E-state index contributed by atoms with van der Waals surface area (Å²) in [5.74, 6) is 0.649. The molecule has 8 heteroatoms. The Morgan fingerprint density at radius 2 is 1.24 bits per heavy atom. The molecule has 0 aliphatic heterocycles. The Morgan fingerprint density at radius 1 is 0.760 bits per heavy atom. The minimum absolute atomic E-state index is 0.0874. The molecule has 0 saturated carbocycles.